The highest BCUT2D eigenvalue weighted by molar-refractivity contribution is 6.30. The normalized spacial score (nSPS) is 10.5. The number of benzene rings is 3. The summed E-state index contributed by atoms with van der Waals surface area (Å²) in [5, 5.41) is 6.32. The number of carbonyl (C=O) groups is 2. The van der Waals surface area contributed by atoms with Gasteiger partial charge in [0.15, 0.2) is 0 Å². The number of amides is 2. The van der Waals surface area contributed by atoms with E-state index in [2.05, 4.69) is 15.6 Å². The van der Waals surface area contributed by atoms with Crippen LogP contribution in [0.5, 0.6) is 0 Å². The number of nitrogens with one attached hydrogen (secondary N) is 2. The number of nitrogens with zero attached hydrogens (tertiary/aromatic N) is 2. The van der Waals surface area contributed by atoms with E-state index in [0.717, 1.165) is 11.1 Å². The summed E-state index contributed by atoms with van der Waals surface area (Å²) in [4.78, 5) is 28.8. The SMILES string of the molecule is O=C(Nc1ccc(Cn2cnc(C(=O)NCc3ccccc3)c2)cc1)c1ccc(Cl)cc1. The van der Waals surface area contributed by atoms with Gasteiger partial charge >= 0.3 is 0 Å². The average molecular weight is 445 g/mol. The average Bonchev–Trinajstić information content (AvgIpc) is 3.28. The molecule has 0 bridgehead atoms. The van der Waals surface area contributed by atoms with E-state index in [0.29, 0.717) is 35.1 Å². The number of hydrogen-bond donors (Lipinski definition) is 2. The molecule has 4 aromatic rings. The second-order valence-corrected chi connectivity index (χ2v) is 7.69. The molecule has 0 saturated carbocycles. The third-order valence-corrected chi connectivity index (χ3v) is 5.10. The van der Waals surface area contributed by atoms with Crippen LogP contribution < -0.4 is 10.6 Å². The standard InChI is InChI=1S/C25H21ClN4O2/c26-21-10-8-20(9-11-21)24(31)29-22-12-6-19(7-13-22)15-30-16-23(28-17-30)25(32)27-14-18-4-2-1-3-5-18/h1-13,16-17H,14-15H2,(H,27,32)(H,29,31). The minimum atomic E-state index is -0.215. The lowest BCUT2D eigenvalue weighted by atomic mass is 10.2. The first-order valence-electron chi connectivity index (χ1n) is 10.1. The van der Waals surface area contributed by atoms with E-state index in [9.17, 15) is 9.59 Å². The van der Waals surface area contributed by atoms with Crippen LogP contribution in [0.3, 0.4) is 0 Å². The molecule has 1 aromatic heterocycles. The second kappa shape index (κ2) is 9.94. The van der Waals surface area contributed by atoms with Crippen molar-refractivity contribution in [2.45, 2.75) is 13.1 Å². The third-order valence-electron chi connectivity index (χ3n) is 4.85. The maximum absolute atomic E-state index is 12.3. The number of carbonyl (C=O) groups excluding carboxylic acids is 2. The first-order valence-corrected chi connectivity index (χ1v) is 10.4. The summed E-state index contributed by atoms with van der Waals surface area (Å²) in [7, 11) is 0. The van der Waals surface area contributed by atoms with Crippen molar-refractivity contribution in [3.8, 4) is 0 Å². The molecule has 0 aliphatic heterocycles. The fourth-order valence-electron chi connectivity index (χ4n) is 3.14. The fourth-order valence-corrected chi connectivity index (χ4v) is 3.27. The highest BCUT2D eigenvalue weighted by atomic mass is 35.5. The van der Waals surface area contributed by atoms with Crippen molar-refractivity contribution in [3.05, 3.63) is 119 Å². The van der Waals surface area contributed by atoms with Gasteiger partial charge in [-0.2, -0.15) is 0 Å². The molecule has 0 aliphatic rings. The Labute approximate surface area is 190 Å². The minimum absolute atomic E-state index is 0.199. The zero-order valence-electron chi connectivity index (χ0n) is 17.2. The van der Waals surface area contributed by atoms with Crippen molar-refractivity contribution in [1.82, 2.24) is 14.9 Å². The van der Waals surface area contributed by atoms with Crippen molar-refractivity contribution in [3.63, 3.8) is 0 Å². The lowest BCUT2D eigenvalue weighted by Gasteiger charge is -2.07. The Morgan fingerprint density at radius 3 is 2.28 bits per heavy atom. The van der Waals surface area contributed by atoms with Crippen LogP contribution >= 0.6 is 11.6 Å². The molecule has 4 rings (SSSR count). The second-order valence-electron chi connectivity index (χ2n) is 7.26. The van der Waals surface area contributed by atoms with Crippen molar-refractivity contribution in [2.75, 3.05) is 5.32 Å². The molecule has 32 heavy (non-hydrogen) atoms. The highest BCUT2D eigenvalue weighted by Gasteiger charge is 2.10. The van der Waals surface area contributed by atoms with Crippen LogP contribution in [-0.2, 0) is 13.1 Å². The van der Waals surface area contributed by atoms with Crippen molar-refractivity contribution in [1.29, 1.82) is 0 Å². The minimum Gasteiger partial charge on any atom is -0.347 e. The molecule has 1 heterocycles. The van der Waals surface area contributed by atoms with E-state index in [1.165, 1.54) is 0 Å². The van der Waals surface area contributed by atoms with E-state index in [4.69, 9.17) is 11.6 Å². The molecule has 2 amide bonds. The number of imidazole rings is 1. The summed E-state index contributed by atoms with van der Waals surface area (Å²) < 4.78 is 1.85. The topological polar surface area (TPSA) is 76.0 Å². The van der Waals surface area contributed by atoms with Crippen molar-refractivity contribution < 1.29 is 9.59 Å². The van der Waals surface area contributed by atoms with Crippen LogP contribution in [-0.4, -0.2) is 21.4 Å². The van der Waals surface area contributed by atoms with Crippen LogP contribution in [0.25, 0.3) is 0 Å². The monoisotopic (exact) mass is 444 g/mol. The Kier molecular flexibility index (Phi) is 6.63. The molecule has 3 aromatic carbocycles. The van der Waals surface area contributed by atoms with Crippen LogP contribution in [0.2, 0.25) is 5.02 Å². The fraction of sp³-hybridized carbons (Fsp3) is 0.0800. The maximum atomic E-state index is 12.3. The molecule has 0 radical (unpaired) electrons. The summed E-state index contributed by atoms with van der Waals surface area (Å²) in [6.45, 7) is 1.01. The molecule has 6 nitrogen and oxygen atoms in total. The van der Waals surface area contributed by atoms with E-state index in [1.54, 1.807) is 36.8 Å². The van der Waals surface area contributed by atoms with Gasteiger partial charge in [0.25, 0.3) is 11.8 Å². The van der Waals surface area contributed by atoms with Crippen LogP contribution in [0.1, 0.15) is 32.0 Å². The molecule has 7 heteroatoms. The van der Waals surface area contributed by atoms with E-state index in [-0.39, 0.29) is 11.8 Å². The Morgan fingerprint density at radius 2 is 1.56 bits per heavy atom. The van der Waals surface area contributed by atoms with Crippen LogP contribution in [0, 0.1) is 0 Å². The molecule has 0 unspecified atom stereocenters. The zero-order valence-corrected chi connectivity index (χ0v) is 17.9. The molecule has 0 fully saturated rings. The summed E-state index contributed by atoms with van der Waals surface area (Å²) in [6.07, 6.45) is 3.35. The molecule has 160 valence electrons. The number of rotatable bonds is 7. The summed E-state index contributed by atoms with van der Waals surface area (Å²) in [5.41, 5.74) is 3.65. The Balaban J connectivity index is 1.31. The molecular formula is C25H21ClN4O2. The first-order chi connectivity index (χ1) is 15.6. The predicted octanol–water partition coefficient (Wildman–Crippen LogP) is 4.77. The van der Waals surface area contributed by atoms with Gasteiger partial charge in [0, 0.05) is 35.6 Å². The van der Waals surface area contributed by atoms with Gasteiger partial charge in [-0.3, -0.25) is 9.59 Å². The number of anilines is 1. The van der Waals surface area contributed by atoms with Gasteiger partial charge in [-0.1, -0.05) is 54.1 Å². The van der Waals surface area contributed by atoms with Crippen molar-refractivity contribution >= 4 is 29.1 Å². The lowest BCUT2D eigenvalue weighted by Crippen LogP contribution is -2.23. The Bertz CT molecular complexity index is 1200. The highest BCUT2D eigenvalue weighted by Crippen LogP contribution is 2.14. The number of hydrogen-bond acceptors (Lipinski definition) is 3. The molecule has 2 N–H and O–H groups in total. The van der Waals surface area contributed by atoms with Gasteiger partial charge in [0.2, 0.25) is 0 Å². The summed E-state index contributed by atoms with van der Waals surface area (Å²) in [6, 6.07) is 24.0. The van der Waals surface area contributed by atoms with E-state index in [1.807, 2.05) is 59.2 Å². The molecule has 0 saturated heterocycles. The summed E-state index contributed by atoms with van der Waals surface area (Å²) in [5.74, 6) is -0.414. The molecule has 0 spiro atoms. The van der Waals surface area contributed by atoms with Gasteiger partial charge in [-0.05, 0) is 47.5 Å². The molecule has 0 aliphatic carbocycles. The van der Waals surface area contributed by atoms with E-state index >= 15 is 0 Å². The van der Waals surface area contributed by atoms with Gasteiger partial charge in [0.1, 0.15) is 5.69 Å². The molecule has 0 atom stereocenters. The smallest absolute Gasteiger partial charge is 0.271 e. The Hall–Kier alpha value is -3.90. The van der Waals surface area contributed by atoms with Crippen LogP contribution in [0.15, 0.2) is 91.4 Å². The van der Waals surface area contributed by atoms with Crippen LogP contribution in [0.4, 0.5) is 5.69 Å². The third kappa shape index (κ3) is 5.62. The lowest BCUT2D eigenvalue weighted by molar-refractivity contribution is 0.0945. The predicted molar refractivity (Wildman–Crippen MR) is 125 cm³/mol. The van der Waals surface area contributed by atoms with Gasteiger partial charge in [-0.25, -0.2) is 4.98 Å². The summed E-state index contributed by atoms with van der Waals surface area (Å²) >= 11 is 5.86. The largest absolute Gasteiger partial charge is 0.347 e. The first kappa shape index (κ1) is 21.3. The van der Waals surface area contributed by atoms with Gasteiger partial charge in [-0.15, -0.1) is 0 Å². The molecular weight excluding hydrogens is 424 g/mol. The number of aromatic nitrogens is 2. The Morgan fingerprint density at radius 1 is 0.844 bits per heavy atom. The van der Waals surface area contributed by atoms with Crippen molar-refractivity contribution in [2.24, 2.45) is 0 Å². The van der Waals surface area contributed by atoms with Gasteiger partial charge in [0.05, 0.1) is 6.33 Å². The quantitative estimate of drug-likeness (QED) is 0.431. The zero-order chi connectivity index (χ0) is 22.3. The number of halogens is 1. The van der Waals surface area contributed by atoms with E-state index < -0.39 is 0 Å². The maximum Gasteiger partial charge on any atom is 0.271 e. The van der Waals surface area contributed by atoms with Gasteiger partial charge < -0.3 is 15.2 Å².